The van der Waals surface area contributed by atoms with E-state index in [4.69, 9.17) is 16.7 Å². The molecule has 0 amide bonds. The SMILES string of the molecule is NS(=O)(=O)c1ccc(Nc2ccc(Cl)nn2)cc1.[Na]. The number of primary sulfonamides is 1. The van der Waals surface area contributed by atoms with Crippen LogP contribution in [0.25, 0.3) is 0 Å². The van der Waals surface area contributed by atoms with Gasteiger partial charge in [0.25, 0.3) is 0 Å². The maximum Gasteiger partial charge on any atom is 0.238 e. The number of aromatic nitrogens is 2. The third-order valence-corrected chi connectivity index (χ3v) is 3.22. The van der Waals surface area contributed by atoms with E-state index in [0.717, 1.165) is 0 Å². The predicted molar refractivity (Wildman–Crippen MR) is 73.9 cm³/mol. The number of benzene rings is 1. The number of nitrogens with one attached hydrogen (secondary N) is 1. The average molecular weight is 308 g/mol. The molecule has 1 aromatic heterocycles. The van der Waals surface area contributed by atoms with Crippen LogP contribution in [0.3, 0.4) is 0 Å². The molecule has 0 atom stereocenters. The van der Waals surface area contributed by atoms with Crippen LogP contribution in [-0.2, 0) is 10.0 Å². The number of nitrogens with two attached hydrogens (primary N) is 1. The molecule has 0 saturated carbocycles. The van der Waals surface area contributed by atoms with Gasteiger partial charge in [-0.05, 0) is 36.4 Å². The number of rotatable bonds is 3. The van der Waals surface area contributed by atoms with Gasteiger partial charge in [-0.15, -0.1) is 10.2 Å². The van der Waals surface area contributed by atoms with Gasteiger partial charge in [-0.1, -0.05) is 11.6 Å². The van der Waals surface area contributed by atoms with E-state index in [-0.39, 0.29) is 34.5 Å². The van der Waals surface area contributed by atoms with E-state index < -0.39 is 10.0 Å². The van der Waals surface area contributed by atoms with Crippen molar-refractivity contribution in [3.05, 3.63) is 41.6 Å². The summed E-state index contributed by atoms with van der Waals surface area (Å²) in [4.78, 5) is 0.0511. The van der Waals surface area contributed by atoms with Crippen LogP contribution >= 0.6 is 11.6 Å². The molecule has 0 aliphatic heterocycles. The maximum atomic E-state index is 11.1. The van der Waals surface area contributed by atoms with Crippen molar-refractivity contribution in [2.45, 2.75) is 4.90 Å². The van der Waals surface area contributed by atoms with Crippen LogP contribution in [-0.4, -0.2) is 48.2 Å². The van der Waals surface area contributed by atoms with Crippen LogP contribution < -0.4 is 10.5 Å². The summed E-state index contributed by atoms with van der Waals surface area (Å²) in [6, 6.07) is 9.21. The smallest absolute Gasteiger partial charge is 0.238 e. The van der Waals surface area contributed by atoms with Gasteiger partial charge < -0.3 is 5.32 Å². The number of hydrogen-bond donors (Lipinski definition) is 2. The fourth-order valence-corrected chi connectivity index (χ4v) is 1.87. The van der Waals surface area contributed by atoms with Crippen LogP contribution in [0.5, 0.6) is 0 Å². The van der Waals surface area contributed by atoms with Crippen molar-refractivity contribution >= 4 is 62.7 Å². The van der Waals surface area contributed by atoms with Gasteiger partial charge in [-0.3, -0.25) is 0 Å². The molecule has 6 nitrogen and oxygen atoms in total. The van der Waals surface area contributed by atoms with Gasteiger partial charge in [0, 0.05) is 35.2 Å². The molecule has 1 radical (unpaired) electrons. The van der Waals surface area contributed by atoms with Crippen molar-refractivity contribution in [1.29, 1.82) is 0 Å². The summed E-state index contributed by atoms with van der Waals surface area (Å²) in [6.07, 6.45) is 0. The van der Waals surface area contributed by atoms with Crippen LogP contribution in [0, 0.1) is 0 Å². The largest absolute Gasteiger partial charge is 0.339 e. The zero-order valence-corrected chi connectivity index (χ0v) is 13.6. The molecule has 0 aliphatic rings. The fraction of sp³-hybridized carbons (Fsp3) is 0. The van der Waals surface area contributed by atoms with Crippen LogP contribution in [0.1, 0.15) is 0 Å². The van der Waals surface area contributed by atoms with E-state index in [1.807, 2.05) is 0 Å². The molecule has 2 rings (SSSR count). The summed E-state index contributed by atoms with van der Waals surface area (Å²) in [5.41, 5.74) is 0.666. The molecule has 0 bridgehead atoms. The Morgan fingerprint density at radius 1 is 1.05 bits per heavy atom. The summed E-state index contributed by atoms with van der Waals surface area (Å²) >= 11 is 5.60. The second kappa shape index (κ2) is 6.65. The molecule has 2 aromatic rings. The number of sulfonamides is 1. The number of nitrogens with zero attached hydrogens (tertiary/aromatic N) is 2. The van der Waals surface area contributed by atoms with Crippen molar-refractivity contribution in [2.24, 2.45) is 5.14 Å². The Balaban J connectivity index is 0.00000180. The van der Waals surface area contributed by atoms with E-state index in [1.165, 1.54) is 12.1 Å². The van der Waals surface area contributed by atoms with Crippen molar-refractivity contribution in [3.63, 3.8) is 0 Å². The molecule has 0 aliphatic carbocycles. The number of anilines is 2. The fourth-order valence-electron chi connectivity index (χ4n) is 1.26. The molecule has 0 fully saturated rings. The summed E-state index contributed by atoms with van der Waals surface area (Å²) < 4.78 is 22.1. The van der Waals surface area contributed by atoms with Gasteiger partial charge >= 0.3 is 0 Å². The molecular weight excluding hydrogens is 299 g/mol. The Morgan fingerprint density at radius 3 is 2.16 bits per heavy atom. The molecule has 19 heavy (non-hydrogen) atoms. The molecule has 1 aromatic carbocycles. The van der Waals surface area contributed by atoms with Crippen molar-refractivity contribution in [1.82, 2.24) is 10.2 Å². The Labute approximate surface area is 137 Å². The van der Waals surface area contributed by atoms with Gasteiger partial charge in [-0.2, -0.15) is 0 Å². The predicted octanol–water partition coefficient (Wildman–Crippen LogP) is 1.14. The second-order valence-corrected chi connectivity index (χ2v) is 5.38. The minimum Gasteiger partial charge on any atom is -0.339 e. The molecule has 0 unspecified atom stereocenters. The Morgan fingerprint density at radius 2 is 1.68 bits per heavy atom. The molecule has 95 valence electrons. The normalized spacial score (nSPS) is 10.6. The zero-order valence-electron chi connectivity index (χ0n) is 10.0. The van der Waals surface area contributed by atoms with E-state index in [1.54, 1.807) is 24.3 Å². The van der Waals surface area contributed by atoms with E-state index >= 15 is 0 Å². The summed E-state index contributed by atoms with van der Waals surface area (Å²) in [6.45, 7) is 0. The first-order valence-electron chi connectivity index (χ1n) is 4.84. The molecule has 3 N–H and O–H groups in total. The molecule has 0 saturated heterocycles. The van der Waals surface area contributed by atoms with Crippen LogP contribution in [0.2, 0.25) is 5.15 Å². The second-order valence-electron chi connectivity index (χ2n) is 3.44. The third-order valence-electron chi connectivity index (χ3n) is 2.09. The molecule has 1 heterocycles. The first-order chi connectivity index (χ1) is 8.45. The van der Waals surface area contributed by atoms with Gasteiger partial charge in [0.2, 0.25) is 10.0 Å². The van der Waals surface area contributed by atoms with Crippen molar-refractivity contribution < 1.29 is 8.42 Å². The monoisotopic (exact) mass is 307 g/mol. The van der Waals surface area contributed by atoms with Crippen molar-refractivity contribution in [2.75, 3.05) is 5.32 Å². The topological polar surface area (TPSA) is 98.0 Å². The van der Waals surface area contributed by atoms with E-state index in [0.29, 0.717) is 16.7 Å². The number of halogens is 1. The van der Waals surface area contributed by atoms with Gasteiger partial charge in [0.1, 0.15) is 0 Å². The quantitative estimate of drug-likeness (QED) is 0.829. The Bertz CT molecular complexity index is 646. The summed E-state index contributed by atoms with van der Waals surface area (Å²) in [5.74, 6) is 0.503. The van der Waals surface area contributed by atoms with E-state index in [9.17, 15) is 8.42 Å². The molecular formula is C10H9ClN4NaO2S. The van der Waals surface area contributed by atoms with Crippen LogP contribution in [0.15, 0.2) is 41.3 Å². The van der Waals surface area contributed by atoms with Crippen LogP contribution in [0.4, 0.5) is 11.5 Å². The zero-order chi connectivity index (χ0) is 13.2. The van der Waals surface area contributed by atoms with E-state index in [2.05, 4.69) is 15.5 Å². The maximum absolute atomic E-state index is 11.1. The molecule has 0 spiro atoms. The standard InChI is InChI=1S/C10H9ClN4O2S.Na/c11-9-5-6-10(15-14-9)13-7-1-3-8(4-2-7)18(12,16)17;/h1-6H,(H,13,15)(H2,12,16,17);. The Hall–Kier alpha value is -0.700. The molecule has 9 heteroatoms. The minimum atomic E-state index is -3.67. The summed E-state index contributed by atoms with van der Waals surface area (Å²) in [5, 5.41) is 15.7. The third kappa shape index (κ3) is 4.72. The first-order valence-corrected chi connectivity index (χ1v) is 6.77. The number of hydrogen-bond acceptors (Lipinski definition) is 5. The first kappa shape index (κ1) is 16.4. The van der Waals surface area contributed by atoms with Crippen molar-refractivity contribution in [3.8, 4) is 0 Å². The van der Waals surface area contributed by atoms with Gasteiger partial charge in [-0.25, -0.2) is 13.6 Å². The van der Waals surface area contributed by atoms with Gasteiger partial charge in [0.05, 0.1) is 4.90 Å². The average Bonchev–Trinajstić information content (AvgIpc) is 2.32. The summed E-state index contributed by atoms with van der Waals surface area (Å²) in [7, 11) is -3.67. The van der Waals surface area contributed by atoms with Gasteiger partial charge in [0.15, 0.2) is 11.0 Å². The Kier molecular flexibility index (Phi) is 5.72. The minimum absolute atomic E-state index is 0.